The van der Waals surface area contributed by atoms with Crippen LogP contribution in [0.2, 0.25) is 5.02 Å². The molecule has 1 unspecified atom stereocenters. The highest BCUT2D eigenvalue weighted by molar-refractivity contribution is 6.31. The molecule has 2 aliphatic heterocycles. The summed E-state index contributed by atoms with van der Waals surface area (Å²) in [6.45, 7) is 1.84. The van der Waals surface area contributed by atoms with E-state index in [4.69, 9.17) is 16.3 Å². The largest absolute Gasteiger partial charge is 0.455 e. The van der Waals surface area contributed by atoms with Gasteiger partial charge in [-0.3, -0.25) is 14.6 Å². The van der Waals surface area contributed by atoms with E-state index in [1.165, 1.54) is 0 Å². The normalized spacial score (nSPS) is 17.3. The summed E-state index contributed by atoms with van der Waals surface area (Å²) in [5, 5.41) is 3.88. The van der Waals surface area contributed by atoms with Crippen molar-refractivity contribution >= 4 is 29.1 Å². The van der Waals surface area contributed by atoms with Crippen molar-refractivity contribution in [2.45, 2.75) is 6.04 Å². The Balaban J connectivity index is 1.35. The maximum Gasteiger partial charge on any atom is 0.255 e. The van der Waals surface area contributed by atoms with E-state index in [0.717, 1.165) is 5.56 Å². The topological polar surface area (TPSA) is 74.8 Å². The van der Waals surface area contributed by atoms with Gasteiger partial charge >= 0.3 is 0 Å². The monoisotopic (exact) mass is 448 g/mol. The first-order valence-corrected chi connectivity index (χ1v) is 10.8. The van der Waals surface area contributed by atoms with Gasteiger partial charge in [-0.1, -0.05) is 29.8 Å². The molecule has 2 aliphatic rings. The molecule has 8 heteroatoms. The number of hydrogen-bond donors (Lipinski definition) is 1. The summed E-state index contributed by atoms with van der Waals surface area (Å²) in [6, 6.07) is 15.7. The van der Waals surface area contributed by atoms with Crippen molar-refractivity contribution in [2.75, 3.05) is 31.5 Å². The van der Waals surface area contributed by atoms with Crippen LogP contribution in [0.15, 0.2) is 67.0 Å². The van der Waals surface area contributed by atoms with Gasteiger partial charge in [0.2, 0.25) is 5.91 Å². The first-order valence-electron chi connectivity index (χ1n) is 10.4. The van der Waals surface area contributed by atoms with Gasteiger partial charge in [0.05, 0.1) is 11.3 Å². The number of carbonyl (C=O) groups excluding carboxylic acids is 2. The number of benzene rings is 2. The second-order valence-corrected chi connectivity index (χ2v) is 8.15. The van der Waals surface area contributed by atoms with Crippen LogP contribution in [0.1, 0.15) is 22.0 Å². The number of amides is 2. The van der Waals surface area contributed by atoms with E-state index in [0.29, 0.717) is 54.0 Å². The molecule has 0 bridgehead atoms. The molecule has 0 radical (unpaired) electrons. The van der Waals surface area contributed by atoms with E-state index >= 15 is 0 Å². The van der Waals surface area contributed by atoms with Crippen molar-refractivity contribution in [3.63, 3.8) is 0 Å². The van der Waals surface area contributed by atoms with Crippen LogP contribution in [0.5, 0.6) is 11.5 Å². The van der Waals surface area contributed by atoms with Gasteiger partial charge in [0.1, 0.15) is 11.8 Å². The molecular formula is C24H21ClN4O3. The summed E-state index contributed by atoms with van der Waals surface area (Å²) in [4.78, 5) is 33.8. The van der Waals surface area contributed by atoms with Crippen molar-refractivity contribution in [1.82, 2.24) is 14.8 Å². The lowest BCUT2D eigenvalue weighted by Crippen LogP contribution is -2.52. The highest BCUT2D eigenvalue weighted by atomic mass is 35.5. The Morgan fingerprint density at radius 1 is 0.969 bits per heavy atom. The third-order valence-corrected chi connectivity index (χ3v) is 5.96. The third-order valence-electron chi connectivity index (χ3n) is 5.73. The summed E-state index contributed by atoms with van der Waals surface area (Å²) in [5.74, 6) is 1.11. The number of hydrogen-bond acceptors (Lipinski definition) is 5. The number of rotatable bonds is 2. The summed E-state index contributed by atoms with van der Waals surface area (Å²) < 4.78 is 6.07. The van der Waals surface area contributed by atoms with Crippen molar-refractivity contribution in [3.05, 3.63) is 83.1 Å². The summed E-state index contributed by atoms with van der Waals surface area (Å²) in [5.41, 5.74) is 1.98. The number of ether oxygens (including phenoxy) is 1. The van der Waals surface area contributed by atoms with Crippen LogP contribution in [0, 0.1) is 0 Å². The smallest absolute Gasteiger partial charge is 0.255 e. The number of fused-ring (bicyclic) bond motifs is 2. The van der Waals surface area contributed by atoms with E-state index in [1.807, 2.05) is 24.3 Å². The van der Waals surface area contributed by atoms with Crippen LogP contribution in [-0.2, 0) is 4.79 Å². The Labute approximate surface area is 190 Å². The molecule has 7 nitrogen and oxygen atoms in total. The number of aromatic nitrogens is 1. The molecule has 162 valence electrons. The molecule has 2 aromatic carbocycles. The highest BCUT2D eigenvalue weighted by Gasteiger charge is 2.33. The summed E-state index contributed by atoms with van der Waals surface area (Å²) in [6.07, 6.45) is 3.20. The minimum absolute atomic E-state index is 0.0673. The quantitative estimate of drug-likeness (QED) is 0.642. The maximum atomic E-state index is 13.6. The van der Waals surface area contributed by atoms with Crippen molar-refractivity contribution in [2.24, 2.45) is 0 Å². The number of anilines is 1. The second kappa shape index (κ2) is 8.51. The number of pyridine rings is 1. The number of piperazine rings is 1. The number of nitrogens with zero attached hydrogens (tertiary/aromatic N) is 3. The SMILES string of the molecule is O=C(c1cccnc1)N1CCN(C(=O)C2Nc3cc(Cl)ccc3Oc3ccccc32)CC1. The molecule has 0 aliphatic carbocycles. The molecule has 1 N–H and O–H groups in total. The number of nitrogens with one attached hydrogen (secondary N) is 1. The first kappa shape index (κ1) is 20.3. The predicted octanol–water partition coefficient (Wildman–Crippen LogP) is 3.98. The van der Waals surface area contributed by atoms with Crippen LogP contribution < -0.4 is 10.1 Å². The summed E-state index contributed by atoms with van der Waals surface area (Å²) >= 11 is 6.18. The van der Waals surface area contributed by atoms with E-state index < -0.39 is 6.04 Å². The zero-order valence-corrected chi connectivity index (χ0v) is 18.0. The van der Waals surface area contributed by atoms with Gasteiger partial charge in [-0.15, -0.1) is 0 Å². The molecule has 5 rings (SSSR count). The average molecular weight is 449 g/mol. The second-order valence-electron chi connectivity index (χ2n) is 7.72. The Hall–Kier alpha value is -3.58. The predicted molar refractivity (Wildman–Crippen MR) is 121 cm³/mol. The Kier molecular flexibility index (Phi) is 5.41. The number of para-hydroxylation sites is 1. The van der Waals surface area contributed by atoms with Gasteiger partial charge in [0.25, 0.3) is 5.91 Å². The van der Waals surface area contributed by atoms with Crippen molar-refractivity contribution < 1.29 is 14.3 Å². The molecule has 1 atom stereocenters. The van der Waals surface area contributed by atoms with Gasteiger partial charge < -0.3 is 19.9 Å². The van der Waals surface area contributed by atoms with E-state index in [1.54, 1.807) is 52.5 Å². The molecule has 32 heavy (non-hydrogen) atoms. The molecule has 0 saturated carbocycles. The maximum absolute atomic E-state index is 13.6. The first-order chi connectivity index (χ1) is 15.6. The van der Waals surface area contributed by atoms with Crippen LogP contribution in [0.3, 0.4) is 0 Å². The molecule has 3 heterocycles. The van der Waals surface area contributed by atoms with Crippen LogP contribution in [-0.4, -0.2) is 52.8 Å². The molecular weight excluding hydrogens is 428 g/mol. The van der Waals surface area contributed by atoms with Gasteiger partial charge in [0.15, 0.2) is 5.75 Å². The fourth-order valence-electron chi connectivity index (χ4n) is 4.05. The minimum atomic E-state index is -0.619. The van der Waals surface area contributed by atoms with Crippen molar-refractivity contribution in [3.8, 4) is 11.5 Å². The molecule has 1 fully saturated rings. The Morgan fingerprint density at radius 3 is 2.53 bits per heavy atom. The summed E-state index contributed by atoms with van der Waals surface area (Å²) in [7, 11) is 0. The Morgan fingerprint density at radius 2 is 1.75 bits per heavy atom. The molecule has 2 amide bonds. The number of halogens is 1. The van der Waals surface area contributed by atoms with Gasteiger partial charge in [-0.05, 0) is 36.4 Å². The molecule has 1 saturated heterocycles. The van der Waals surface area contributed by atoms with E-state index in [9.17, 15) is 9.59 Å². The van der Waals surface area contributed by atoms with Gasteiger partial charge in [0, 0.05) is 49.2 Å². The fraction of sp³-hybridized carbons (Fsp3) is 0.208. The lowest BCUT2D eigenvalue weighted by molar-refractivity contribution is -0.133. The third kappa shape index (κ3) is 3.87. The van der Waals surface area contributed by atoms with E-state index in [-0.39, 0.29) is 11.8 Å². The zero-order valence-electron chi connectivity index (χ0n) is 17.2. The van der Waals surface area contributed by atoms with Crippen LogP contribution in [0.4, 0.5) is 5.69 Å². The average Bonchev–Trinajstić information content (AvgIpc) is 3.00. The van der Waals surface area contributed by atoms with Gasteiger partial charge in [-0.2, -0.15) is 0 Å². The Bertz CT molecular complexity index is 1160. The van der Waals surface area contributed by atoms with Crippen LogP contribution >= 0.6 is 11.6 Å². The lowest BCUT2D eigenvalue weighted by atomic mass is 10.0. The zero-order chi connectivity index (χ0) is 22.1. The van der Waals surface area contributed by atoms with Gasteiger partial charge in [-0.25, -0.2) is 0 Å². The minimum Gasteiger partial charge on any atom is -0.455 e. The fourth-order valence-corrected chi connectivity index (χ4v) is 4.22. The molecule has 1 aromatic heterocycles. The molecule has 0 spiro atoms. The lowest BCUT2D eigenvalue weighted by Gasteiger charge is -2.36. The van der Waals surface area contributed by atoms with Crippen LogP contribution in [0.25, 0.3) is 0 Å². The van der Waals surface area contributed by atoms with E-state index in [2.05, 4.69) is 10.3 Å². The molecule has 3 aromatic rings. The number of carbonyl (C=O) groups is 2. The highest BCUT2D eigenvalue weighted by Crippen LogP contribution is 2.41. The van der Waals surface area contributed by atoms with Crippen molar-refractivity contribution in [1.29, 1.82) is 0 Å². The standard InChI is InChI=1S/C24H21ClN4O3/c25-17-7-8-21-19(14-17)27-22(18-5-1-2-6-20(18)32-21)24(31)29-12-10-28(11-13-29)23(30)16-4-3-9-26-15-16/h1-9,14-15,22,27H,10-13H2.